The number of aliphatic hydroxyl groups excluding tert-OH is 4. The topological polar surface area (TPSA) is 198 Å². The summed E-state index contributed by atoms with van der Waals surface area (Å²) in [5.74, 6) is -0.576. The Morgan fingerprint density at radius 3 is 2.31 bits per heavy atom. The predicted molar refractivity (Wildman–Crippen MR) is 80.3 cm³/mol. The van der Waals surface area contributed by atoms with Crippen LogP contribution in [0.2, 0.25) is 0 Å². The van der Waals surface area contributed by atoms with Crippen molar-refractivity contribution >= 4 is 16.1 Å². The van der Waals surface area contributed by atoms with Gasteiger partial charge in [-0.3, -0.25) is 0 Å². The maximum absolute atomic E-state index is 11.4. The summed E-state index contributed by atoms with van der Waals surface area (Å²) in [4.78, 5) is 11.4. The van der Waals surface area contributed by atoms with E-state index in [0.717, 1.165) is 0 Å². The standard InChI is InChI=1S/C12H24N2O10S.Na/c15-6-7-8(16)9(17)10(18)11(24-7)23-4-3-14-12(19)13-2-1-5-25(20,21)22;/h7-11,15-18H,1-6H2,(H2,13,14,19)(H,20,21,22);/q;+1/p-1/t7-,8-,9+,10-,11-;/m1./s1. The number of amides is 2. The van der Waals surface area contributed by atoms with E-state index in [1.165, 1.54) is 0 Å². The number of urea groups is 1. The molecule has 26 heavy (non-hydrogen) atoms. The van der Waals surface area contributed by atoms with E-state index in [0.29, 0.717) is 0 Å². The minimum absolute atomic E-state index is 0. The molecule has 0 aliphatic carbocycles. The molecule has 1 fully saturated rings. The minimum Gasteiger partial charge on any atom is -0.748 e. The first-order chi connectivity index (χ1) is 11.7. The second-order valence-electron chi connectivity index (χ2n) is 5.37. The van der Waals surface area contributed by atoms with Gasteiger partial charge in [0.05, 0.1) is 23.3 Å². The molecule has 1 aliphatic rings. The molecule has 1 rings (SSSR count). The van der Waals surface area contributed by atoms with Crippen LogP contribution in [0.4, 0.5) is 4.79 Å². The Bertz CT molecular complexity index is 520. The molecule has 1 saturated heterocycles. The van der Waals surface area contributed by atoms with Crippen molar-refractivity contribution in [1.82, 2.24) is 10.6 Å². The van der Waals surface area contributed by atoms with E-state index in [4.69, 9.17) is 14.6 Å². The van der Waals surface area contributed by atoms with Gasteiger partial charge in [0.1, 0.15) is 24.4 Å². The molecule has 0 unspecified atom stereocenters. The summed E-state index contributed by atoms with van der Waals surface area (Å²) >= 11 is 0. The average molecular weight is 410 g/mol. The molecule has 0 aromatic rings. The molecule has 148 valence electrons. The van der Waals surface area contributed by atoms with E-state index in [2.05, 4.69) is 10.6 Å². The van der Waals surface area contributed by atoms with Crippen molar-refractivity contribution in [3.05, 3.63) is 0 Å². The van der Waals surface area contributed by atoms with Crippen LogP contribution in [0.1, 0.15) is 6.42 Å². The molecule has 14 heteroatoms. The summed E-state index contributed by atoms with van der Waals surface area (Å²) in [6.07, 6.45) is -6.95. The summed E-state index contributed by atoms with van der Waals surface area (Å²) in [6.45, 7) is -0.683. The molecule has 0 spiro atoms. The van der Waals surface area contributed by atoms with Crippen LogP contribution in [0.15, 0.2) is 0 Å². The summed E-state index contributed by atoms with van der Waals surface area (Å²) in [5.41, 5.74) is 0. The van der Waals surface area contributed by atoms with Gasteiger partial charge in [-0.1, -0.05) is 0 Å². The molecular formula is C12H23N2NaO10S. The number of rotatable bonds is 9. The SMILES string of the molecule is O=C(NCCCS(=O)(=O)[O-])NCCO[C@@H]1O[C@H](CO)[C@@H](O)[C@H](O)[C@H]1O.[Na+]. The smallest absolute Gasteiger partial charge is 0.748 e. The van der Waals surface area contributed by atoms with Gasteiger partial charge in [0.15, 0.2) is 6.29 Å². The van der Waals surface area contributed by atoms with Gasteiger partial charge in [-0.2, -0.15) is 0 Å². The van der Waals surface area contributed by atoms with Gasteiger partial charge in [0.2, 0.25) is 0 Å². The number of carbonyl (C=O) groups excluding carboxylic acids is 1. The molecule has 6 N–H and O–H groups in total. The first kappa shape index (κ1) is 25.9. The Kier molecular flexibility index (Phi) is 12.4. The van der Waals surface area contributed by atoms with Gasteiger partial charge >= 0.3 is 35.6 Å². The van der Waals surface area contributed by atoms with Crippen molar-refractivity contribution < 1.29 is 77.2 Å². The number of hydrogen-bond donors (Lipinski definition) is 6. The van der Waals surface area contributed by atoms with Gasteiger partial charge < -0.3 is 45.1 Å². The Balaban J connectivity index is 0.00000625. The fraction of sp³-hybridized carbons (Fsp3) is 0.917. The first-order valence-corrected chi connectivity index (χ1v) is 9.11. The summed E-state index contributed by atoms with van der Waals surface area (Å²) in [5, 5.41) is 42.6. The van der Waals surface area contributed by atoms with E-state index >= 15 is 0 Å². The summed E-state index contributed by atoms with van der Waals surface area (Å²) in [6, 6.07) is -0.610. The van der Waals surface area contributed by atoms with Crippen LogP contribution in [0.5, 0.6) is 0 Å². The maximum atomic E-state index is 11.4. The van der Waals surface area contributed by atoms with E-state index in [9.17, 15) is 33.1 Å². The Labute approximate surface area is 172 Å². The second kappa shape index (κ2) is 12.4. The van der Waals surface area contributed by atoms with Gasteiger partial charge in [0, 0.05) is 18.8 Å². The van der Waals surface area contributed by atoms with Crippen LogP contribution >= 0.6 is 0 Å². The molecule has 1 heterocycles. The molecule has 0 aromatic carbocycles. The summed E-state index contributed by atoms with van der Waals surface area (Å²) < 4.78 is 41.4. The largest absolute Gasteiger partial charge is 1.00 e. The monoisotopic (exact) mass is 410 g/mol. The number of hydrogen-bond acceptors (Lipinski definition) is 10. The number of ether oxygens (including phenoxy) is 2. The maximum Gasteiger partial charge on any atom is 1.00 e. The van der Waals surface area contributed by atoms with E-state index in [-0.39, 0.29) is 55.7 Å². The Morgan fingerprint density at radius 1 is 1.12 bits per heavy atom. The fourth-order valence-electron chi connectivity index (χ4n) is 2.06. The first-order valence-electron chi connectivity index (χ1n) is 7.53. The van der Waals surface area contributed by atoms with Crippen molar-refractivity contribution in [1.29, 1.82) is 0 Å². The number of carbonyl (C=O) groups is 1. The molecule has 0 radical (unpaired) electrons. The minimum atomic E-state index is -4.31. The van der Waals surface area contributed by atoms with Crippen molar-refractivity contribution in [2.45, 2.75) is 37.1 Å². The van der Waals surface area contributed by atoms with Crippen LogP contribution in [0.25, 0.3) is 0 Å². The Hall–Kier alpha value is -0.0600. The van der Waals surface area contributed by atoms with Crippen LogP contribution < -0.4 is 40.2 Å². The van der Waals surface area contributed by atoms with Crippen LogP contribution in [-0.4, -0.2) is 102 Å². The third kappa shape index (κ3) is 9.23. The molecule has 1 aliphatic heterocycles. The third-order valence-corrected chi connectivity index (χ3v) is 4.16. The average Bonchev–Trinajstić information content (AvgIpc) is 2.54. The normalized spacial score (nSPS) is 28.9. The fourth-order valence-corrected chi connectivity index (χ4v) is 2.56. The van der Waals surface area contributed by atoms with E-state index in [1.54, 1.807) is 0 Å². The Morgan fingerprint density at radius 2 is 1.73 bits per heavy atom. The molecule has 5 atom stereocenters. The summed E-state index contributed by atoms with van der Waals surface area (Å²) in [7, 11) is -4.31. The van der Waals surface area contributed by atoms with Crippen LogP contribution in [-0.2, 0) is 19.6 Å². The van der Waals surface area contributed by atoms with Crippen molar-refractivity contribution in [3.8, 4) is 0 Å². The molecular weight excluding hydrogens is 387 g/mol. The van der Waals surface area contributed by atoms with Gasteiger partial charge in [-0.25, -0.2) is 13.2 Å². The van der Waals surface area contributed by atoms with Crippen molar-refractivity contribution in [2.75, 3.05) is 32.1 Å². The molecule has 0 saturated carbocycles. The van der Waals surface area contributed by atoms with Gasteiger partial charge in [0.25, 0.3) is 0 Å². The van der Waals surface area contributed by atoms with Gasteiger partial charge in [-0.05, 0) is 6.42 Å². The zero-order valence-corrected chi connectivity index (χ0v) is 17.1. The van der Waals surface area contributed by atoms with Crippen molar-refractivity contribution in [2.24, 2.45) is 0 Å². The van der Waals surface area contributed by atoms with Gasteiger partial charge in [-0.15, -0.1) is 0 Å². The van der Waals surface area contributed by atoms with E-state index < -0.39 is 59.2 Å². The zero-order valence-electron chi connectivity index (χ0n) is 14.3. The zero-order chi connectivity index (χ0) is 19.0. The molecule has 12 nitrogen and oxygen atoms in total. The number of aliphatic hydroxyl groups is 4. The number of nitrogens with one attached hydrogen (secondary N) is 2. The molecule has 0 bridgehead atoms. The van der Waals surface area contributed by atoms with E-state index in [1.807, 2.05) is 0 Å². The quantitative estimate of drug-likeness (QED) is 0.121. The predicted octanol–water partition coefficient (Wildman–Crippen LogP) is -6.96. The van der Waals surface area contributed by atoms with Crippen LogP contribution in [0, 0.1) is 0 Å². The third-order valence-electron chi connectivity index (χ3n) is 3.37. The molecule has 0 aromatic heterocycles. The van der Waals surface area contributed by atoms with Crippen molar-refractivity contribution in [3.63, 3.8) is 0 Å². The van der Waals surface area contributed by atoms with Crippen LogP contribution in [0.3, 0.4) is 0 Å². The molecule has 2 amide bonds. The second-order valence-corrected chi connectivity index (χ2v) is 6.89.